The number of hydrogen-bond acceptors (Lipinski definition) is 3. The number of rotatable bonds is 5. The molecule has 1 aliphatic carbocycles. The minimum absolute atomic E-state index is 0.331. The molecule has 0 unspecified atom stereocenters. The van der Waals surface area contributed by atoms with Gasteiger partial charge in [-0.25, -0.2) is 0 Å². The second-order valence-electron chi connectivity index (χ2n) is 5.85. The van der Waals surface area contributed by atoms with Gasteiger partial charge in [0, 0.05) is 39.2 Å². The van der Waals surface area contributed by atoms with Gasteiger partial charge in [-0.05, 0) is 44.9 Å². The molecule has 1 saturated carbocycles. The van der Waals surface area contributed by atoms with E-state index in [0.717, 1.165) is 32.5 Å². The maximum Gasteiger partial charge on any atom is 0.223 e. The molecule has 2 fully saturated rings. The van der Waals surface area contributed by atoms with Gasteiger partial charge < -0.3 is 15.0 Å². The van der Waals surface area contributed by atoms with Crippen LogP contribution in [0.5, 0.6) is 0 Å². The van der Waals surface area contributed by atoms with Gasteiger partial charge in [0.15, 0.2) is 0 Å². The van der Waals surface area contributed by atoms with Gasteiger partial charge in [-0.3, -0.25) is 4.79 Å². The zero-order chi connectivity index (χ0) is 13.5. The first kappa shape index (κ1) is 14.8. The molecule has 0 spiro atoms. The van der Waals surface area contributed by atoms with E-state index in [-0.39, 0.29) is 0 Å². The normalized spacial score (nSPS) is 28.4. The predicted molar refractivity (Wildman–Crippen MR) is 76.1 cm³/mol. The van der Waals surface area contributed by atoms with Crippen LogP contribution in [0.25, 0.3) is 0 Å². The van der Waals surface area contributed by atoms with E-state index in [2.05, 4.69) is 5.32 Å². The van der Waals surface area contributed by atoms with Crippen molar-refractivity contribution in [2.75, 3.05) is 26.7 Å². The Morgan fingerprint density at radius 1 is 1.16 bits per heavy atom. The van der Waals surface area contributed by atoms with Gasteiger partial charge in [-0.15, -0.1) is 0 Å². The Labute approximate surface area is 116 Å². The molecule has 1 saturated heterocycles. The summed E-state index contributed by atoms with van der Waals surface area (Å²) in [4.78, 5) is 14.0. The molecule has 0 bridgehead atoms. The summed E-state index contributed by atoms with van der Waals surface area (Å²) < 4.78 is 5.37. The third kappa shape index (κ3) is 4.77. The third-order valence-corrected chi connectivity index (χ3v) is 4.49. The third-order valence-electron chi connectivity index (χ3n) is 4.49. The summed E-state index contributed by atoms with van der Waals surface area (Å²) in [7, 11) is 1.80. The number of nitrogens with zero attached hydrogens (tertiary/aromatic N) is 1. The number of piperidine rings is 1. The zero-order valence-electron chi connectivity index (χ0n) is 12.2. The highest BCUT2D eigenvalue weighted by atomic mass is 16.5. The van der Waals surface area contributed by atoms with Crippen molar-refractivity contribution in [2.45, 2.75) is 63.5 Å². The Balaban J connectivity index is 1.57. The van der Waals surface area contributed by atoms with Crippen molar-refractivity contribution >= 4 is 5.91 Å². The maximum atomic E-state index is 12.0. The number of carbonyl (C=O) groups excluding carboxylic acids is 1. The van der Waals surface area contributed by atoms with E-state index in [1.54, 1.807) is 7.11 Å². The molecular weight excluding hydrogens is 240 g/mol. The van der Waals surface area contributed by atoms with E-state index in [9.17, 15) is 4.79 Å². The smallest absolute Gasteiger partial charge is 0.223 e. The van der Waals surface area contributed by atoms with Gasteiger partial charge in [-0.2, -0.15) is 0 Å². The molecule has 1 heterocycles. The van der Waals surface area contributed by atoms with Crippen LogP contribution < -0.4 is 5.32 Å². The average Bonchev–Trinajstić information content (AvgIpc) is 2.49. The van der Waals surface area contributed by atoms with Crippen LogP contribution >= 0.6 is 0 Å². The first-order valence-electron chi connectivity index (χ1n) is 7.83. The van der Waals surface area contributed by atoms with Crippen LogP contribution in [0.4, 0.5) is 0 Å². The summed E-state index contributed by atoms with van der Waals surface area (Å²) in [5.74, 6) is 0.331. The number of hydrogen-bond donors (Lipinski definition) is 1. The molecule has 0 atom stereocenters. The first-order chi connectivity index (χ1) is 9.29. The molecule has 4 heteroatoms. The monoisotopic (exact) mass is 268 g/mol. The highest BCUT2D eigenvalue weighted by Gasteiger charge is 2.21. The molecule has 1 aliphatic heterocycles. The van der Waals surface area contributed by atoms with Gasteiger partial charge in [-0.1, -0.05) is 0 Å². The quantitative estimate of drug-likeness (QED) is 0.828. The summed E-state index contributed by atoms with van der Waals surface area (Å²) in [5, 5.41) is 3.53. The fraction of sp³-hybridized carbons (Fsp3) is 0.933. The van der Waals surface area contributed by atoms with E-state index in [1.807, 2.05) is 4.90 Å². The maximum absolute atomic E-state index is 12.0. The average molecular weight is 268 g/mol. The first-order valence-corrected chi connectivity index (χ1v) is 7.83. The highest BCUT2D eigenvalue weighted by Crippen LogP contribution is 2.20. The molecular formula is C15H28N2O2. The largest absolute Gasteiger partial charge is 0.381 e. The summed E-state index contributed by atoms with van der Waals surface area (Å²) in [6.45, 7) is 2.77. The SMILES string of the molecule is COC1CCC(NCCC(=O)N2CCCCC2)CC1. The molecule has 19 heavy (non-hydrogen) atoms. The van der Waals surface area contributed by atoms with Crippen molar-refractivity contribution < 1.29 is 9.53 Å². The minimum Gasteiger partial charge on any atom is -0.381 e. The Morgan fingerprint density at radius 2 is 1.84 bits per heavy atom. The van der Waals surface area contributed by atoms with Crippen molar-refractivity contribution in [1.82, 2.24) is 10.2 Å². The molecule has 1 amide bonds. The lowest BCUT2D eigenvalue weighted by Crippen LogP contribution is -2.40. The lowest BCUT2D eigenvalue weighted by Gasteiger charge is -2.29. The number of methoxy groups -OCH3 is 1. The molecule has 0 radical (unpaired) electrons. The molecule has 2 rings (SSSR count). The van der Waals surface area contributed by atoms with Crippen molar-refractivity contribution in [3.05, 3.63) is 0 Å². The molecule has 0 aromatic rings. The predicted octanol–water partition coefficient (Wildman–Crippen LogP) is 1.94. The second-order valence-corrected chi connectivity index (χ2v) is 5.85. The number of likely N-dealkylation sites (tertiary alicyclic amines) is 1. The Bertz CT molecular complexity index is 269. The number of carbonyl (C=O) groups is 1. The van der Waals surface area contributed by atoms with Gasteiger partial charge >= 0.3 is 0 Å². The fourth-order valence-electron chi connectivity index (χ4n) is 3.19. The van der Waals surface area contributed by atoms with E-state index in [1.165, 1.54) is 32.1 Å². The molecule has 0 aromatic carbocycles. The number of ether oxygens (including phenoxy) is 1. The van der Waals surface area contributed by atoms with E-state index in [0.29, 0.717) is 24.5 Å². The van der Waals surface area contributed by atoms with Crippen LogP contribution in [0.1, 0.15) is 51.4 Å². The Morgan fingerprint density at radius 3 is 2.47 bits per heavy atom. The van der Waals surface area contributed by atoms with Crippen LogP contribution in [0, 0.1) is 0 Å². The molecule has 1 N–H and O–H groups in total. The standard InChI is InChI=1S/C15H28N2O2/c1-19-14-7-5-13(6-8-14)16-10-9-15(18)17-11-3-2-4-12-17/h13-14,16H,2-12H2,1H3. The van der Waals surface area contributed by atoms with Crippen LogP contribution in [-0.4, -0.2) is 49.7 Å². The lowest BCUT2D eigenvalue weighted by molar-refractivity contribution is -0.132. The van der Waals surface area contributed by atoms with Gasteiger partial charge in [0.05, 0.1) is 6.10 Å². The van der Waals surface area contributed by atoms with Crippen LogP contribution in [0.15, 0.2) is 0 Å². The summed E-state index contributed by atoms with van der Waals surface area (Å²) in [5.41, 5.74) is 0. The number of amides is 1. The van der Waals surface area contributed by atoms with E-state index in [4.69, 9.17) is 4.74 Å². The van der Waals surface area contributed by atoms with Gasteiger partial charge in [0.25, 0.3) is 0 Å². The molecule has 2 aliphatic rings. The van der Waals surface area contributed by atoms with Crippen molar-refractivity contribution in [2.24, 2.45) is 0 Å². The summed E-state index contributed by atoms with van der Waals surface area (Å²) >= 11 is 0. The van der Waals surface area contributed by atoms with Crippen molar-refractivity contribution in [1.29, 1.82) is 0 Å². The van der Waals surface area contributed by atoms with Crippen molar-refractivity contribution in [3.8, 4) is 0 Å². The molecule has 4 nitrogen and oxygen atoms in total. The highest BCUT2D eigenvalue weighted by molar-refractivity contribution is 5.76. The van der Waals surface area contributed by atoms with Crippen LogP contribution in [-0.2, 0) is 9.53 Å². The number of nitrogens with one attached hydrogen (secondary N) is 1. The molecule has 0 aromatic heterocycles. The summed E-state index contributed by atoms with van der Waals surface area (Å²) in [6, 6.07) is 0.584. The molecule has 110 valence electrons. The Kier molecular flexibility index (Phi) is 6.11. The van der Waals surface area contributed by atoms with Crippen LogP contribution in [0.2, 0.25) is 0 Å². The zero-order valence-corrected chi connectivity index (χ0v) is 12.2. The summed E-state index contributed by atoms with van der Waals surface area (Å²) in [6.07, 6.45) is 9.40. The van der Waals surface area contributed by atoms with E-state index >= 15 is 0 Å². The van der Waals surface area contributed by atoms with Crippen molar-refractivity contribution in [3.63, 3.8) is 0 Å². The minimum atomic E-state index is 0.331. The van der Waals surface area contributed by atoms with E-state index < -0.39 is 0 Å². The van der Waals surface area contributed by atoms with Gasteiger partial charge in [0.2, 0.25) is 5.91 Å². The lowest BCUT2D eigenvalue weighted by atomic mass is 9.93. The van der Waals surface area contributed by atoms with Crippen LogP contribution in [0.3, 0.4) is 0 Å². The van der Waals surface area contributed by atoms with Gasteiger partial charge in [0.1, 0.15) is 0 Å². The Hall–Kier alpha value is -0.610. The second kappa shape index (κ2) is 7.85. The topological polar surface area (TPSA) is 41.6 Å². The fourth-order valence-corrected chi connectivity index (χ4v) is 3.19.